The monoisotopic (exact) mass is 470 g/mol. The molecule has 1 amide bonds. The van der Waals surface area contributed by atoms with Crippen molar-refractivity contribution in [2.24, 2.45) is 11.8 Å². The Hall–Kier alpha value is -2.91. The zero-order valence-electron chi connectivity index (χ0n) is 19.9. The Morgan fingerprint density at radius 1 is 1.03 bits per heavy atom. The number of ether oxygens (including phenoxy) is 1. The van der Waals surface area contributed by atoms with Gasteiger partial charge in [-0.3, -0.25) is 4.90 Å². The molecule has 3 fully saturated rings. The van der Waals surface area contributed by atoms with Gasteiger partial charge in [0.05, 0.1) is 13.2 Å². The summed E-state index contributed by atoms with van der Waals surface area (Å²) >= 11 is 0. The van der Waals surface area contributed by atoms with Gasteiger partial charge in [-0.2, -0.15) is 0 Å². The van der Waals surface area contributed by atoms with Crippen molar-refractivity contribution in [2.45, 2.75) is 26.3 Å². The van der Waals surface area contributed by atoms with Gasteiger partial charge >= 0.3 is 6.09 Å². The molecule has 2 atom stereocenters. The lowest BCUT2D eigenvalue weighted by Crippen LogP contribution is -2.38. The van der Waals surface area contributed by atoms with Crippen molar-refractivity contribution >= 4 is 11.8 Å². The van der Waals surface area contributed by atoms with E-state index >= 15 is 0 Å². The van der Waals surface area contributed by atoms with Crippen LogP contribution >= 0.6 is 0 Å². The van der Waals surface area contributed by atoms with E-state index in [9.17, 15) is 15.0 Å². The molecule has 0 aliphatic carbocycles. The maximum atomic E-state index is 12.6. The van der Waals surface area contributed by atoms with Crippen LogP contribution in [0.4, 0.5) is 10.5 Å². The minimum atomic E-state index is -0.554. The van der Waals surface area contributed by atoms with E-state index in [0.717, 1.165) is 50.7 Å². The first-order valence-corrected chi connectivity index (χ1v) is 12.1. The van der Waals surface area contributed by atoms with Crippen molar-refractivity contribution in [3.63, 3.8) is 0 Å². The number of rotatable bonds is 5. The Kier molecular flexibility index (Phi) is 6.31. The first-order valence-electron chi connectivity index (χ1n) is 12.1. The number of morpholine rings is 1. The van der Waals surface area contributed by atoms with E-state index in [0.29, 0.717) is 30.8 Å². The van der Waals surface area contributed by atoms with Gasteiger partial charge in [0, 0.05) is 63.6 Å². The molecule has 3 aliphatic heterocycles. The number of hydrogen-bond acceptors (Lipinski definition) is 7. The first-order chi connectivity index (χ1) is 16.4. The van der Waals surface area contributed by atoms with E-state index < -0.39 is 6.09 Å². The first kappa shape index (κ1) is 22.9. The molecule has 184 valence electrons. The van der Waals surface area contributed by atoms with Gasteiger partial charge in [0.15, 0.2) is 0 Å². The van der Waals surface area contributed by atoms with Crippen molar-refractivity contribution in [1.82, 2.24) is 14.5 Å². The molecule has 0 bridgehead atoms. The van der Waals surface area contributed by atoms with E-state index in [1.807, 2.05) is 0 Å². The molecule has 4 heterocycles. The summed E-state index contributed by atoms with van der Waals surface area (Å²) in [7, 11) is 0. The summed E-state index contributed by atoms with van der Waals surface area (Å²) in [4.78, 5) is 24.3. The van der Waals surface area contributed by atoms with Crippen LogP contribution < -0.4 is 9.74 Å². The highest BCUT2D eigenvalue weighted by Gasteiger charge is 2.42. The highest BCUT2D eigenvalue weighted by molar-refractivity contribution is 5.68. The van der Waals surface area contributed by atoms with Crippen molar-refractivity contribution in [3.8, 4) is 11.8 Å². The second-order valence-electron chi connectivity index (χ2n) is 9.96. The van der Waals surface area contributed by atoms with Crippen molar-refractivity contribution < 1.29 is 24.6 Å². The summed E-state index contributed by atoms with van der Waals surface area (Å²) in [6.07, 6.45) is -0.554. The molecule has 9 heteroatoms. The molecule has 3 saturated heterocycles. The quantitative estimate of drug-likeness (QED) is 0.694. The standard InChI is InChI=1S/C25H34N4O5/c1-17(2)18-3-4-19(22(11-18)27-7-9-33-10-8-27)12-26-13-20-15-28(16-21(20)14-26)25(32)34-29-23(30)5-6-24(29)31/h3-6,11,17,20-21,30-31H,7-10,12-16H2,1-2H3. The van der Waals surface area contributed by atoms with E-state index in [1.54, 1.807) is 4.90 Å². The number of fused-ring (bicyclic) bond motifs is 1. The number of likely N-dealkylation sites (tertiary alicyclic amines) is 2. The lowest BCUT2D eigenvalue weighted by Gasteiger charge is -2.32. The molecule has 34 heavy (non-hydrogen) atoms. The molecular formula is C25H34N4O5. The molecule has 1 aromatic heterocycles. The van der Waals surface area contributed by atoms with Crippen molar-refractivity contribution in [2.75, 3.05) is 57.4 Å². The van der Waals surface area contributed by atoms with Gasteiger partial charge in [0.1, 0.15) is 0 Å². The third kappa shape index (κ3) is 4.54. The van der Waals surface area contributed by atoms with Crippen molar-refractivity contribution in [3.05, 3.63) is 41.5 Å². The fraction of sp³-hybridized carbons (Fsp3) is 0.560. The van der Waals surface area contributed by atoms with Crippen LogP contribution in [-0.4, -0.2) is 83.3 Å². The molecule has 2 N–H and O–H groups in total. The third-order valence-electron chi connectivity index (χ3n) is 7.31. The molecule has 2 aromatic rings. The number of aromatic nitrogens is 1. The van der Waals surface area contributed by atoms with Gasteiger partial charge < -0.3 is 29.6 Å². The van der Waals surface area contributed by atoms with E-state index in [1.165, 1.54) is 28.9 Å². The molecular weight excluding hydrogens is 436 g/mol. The Labute approximate surface area is 200 Å². The minimum Gasteiger partial charge on any atom is -0.492 e. The smallest absolute Gasteiger partial charge is 0.434 e. The minimum absolute atomic E-state index is 0.309. The molecule has 0 spiro atoms. The average Bonchev–Trinajstić information content (AvgIpc) is 3.49. The van der Waals surface area contributed by atoms with Gasteiger partial charge in [0.2, 0.25) is 11.8 Å². The van der Waals surface area contributed by atoms with Crippen LogP contribution in [0.5, 0.6) is 11.8 Å². The number of carbonyl (C=O) groups excluding carboxylic acids is 1. The number of carbonyl (C=O) groups is 1. The summed E-state index contributed by atoms with van der Waals surface area (Å²) in [5, 5.41) is 19.4. The van der Waals surface area contributed by atoms with Crippen LogP contribution in [0.3, 0.4) is 0 Å². The van der Waals surface area contributed by atoms with Crippen LogP contribution in [0.2, 0.25) is 0 Å². The number of hydrogen-bond donors (Lipinski definition) is 2. The zero-order chi connectivity index (χ0) is 23.8. The molecule has 9 nitrogen and oxygen atoms in total. The Bertz CT molecular complexity index is 999. The maximum absolute atomic E-state index is 12.6. The topological polar surface area (TPSA) is 90.6 Å². The summed E-state index contributed by atoms with van der Waals surface area (Å²) in [5.74, 6) is 0.649. The van der Waals surface area contributed by atoms with E-state index in [-0.39, 0.29) is 11.8 Å². The SMILES string of the molecule is CC(C)c1ccc(CN2CC3CN(C(=O)On4c(O)ccc4O)CC3C2)c(N2CCOCC2)c1. The molecule has 0 radical (unpaired) electrons. The molecule has 5 rings (SSSR count). The van der Waals surface area contributed by atoms with Crippen LogP contribution in [0.25, 0.3) is 0 Å². The van der Waals surface area contributed by atoms with Gasteiger partial charge in [-0.05, 0) is 34.9 Å². The number of benzene rings is 1. The molecule has 3 aliphatic rings. The van der Waals surface area contributed by atoms with Crippen LogP contribution in [0.15, 0.2) is 30.3 Å². The third-order valence-corrected chi connectivity index (χ3v) is 7.31. The highest BCUT2D eigenvalue weighted by atomic mass is 16.7. The zero-order valence-corrected chi connectivity index (χ0v) is 19.9. The van der Waals surface area contributed by atoms with Gasteiger partial charge in [0.25, 0.3) is 0 Å². The number of amides is 1. The Balaban J connectivity index is 1.22. The van der Waals surface area contributed by atoms with Gasteiger partial charge in [-0.15, -0.1) is 4.73 Å². The van der Waals surface area contributed by atoms with Crippen molar-refractivity contribution in [1.29, 1.82) is 0 Å². The molecule has 0 saturated carbocycles. The lowest BCUT2D eigenvalue weighted by atomic mass is 9.99. The largest absolute Gasteiger partial charge is 0.492 e. The van der Waals surface area contributed by atoms with E-state index in [4.69, 9.17) is 9.57 Å². The van der Waals surface area contributed by atoms with Crippen LogP contribution in [0.1, 0.15) is 30.9 Å². The second kappa shape index (κ2) is 9.38. The van der Waals surface area contributed by atoms with Crippen LogP contribution in [-0.2, 0) is 11.3 Å². The Morgan fingerprint density at radius 2 is 1.68 bits per heavy atom. The predicted molar refractivity (Wildman–Crippen MR) is 127 cm³/mol. The predicted octanol–water partition coefficient (Wildman–Crippen LogP) is 2.47. The highest BCUT2D eigenvalue weighted by Crippen LogP contribution is 2.34. The Morgan fingerprint density at radius 3 is 2.29 bits per heavy atom. The summed E-state index contributed by atoms with van der Waals surface area (Å²) in [6, 6.07) is 9.45. The average molecular weight is 471 g/mol. The fourth-order valence-corrected chi connectivity index (χ4v) is 5.41. The van der Waals surface area contributed by atoms with Gasteiger partial charge in [-0.1, -0.05) is 26.0 Å². The summed E-state index contributed by atoms with van der Waals surface area (Å²) in [6.45, 7) is 11.8. The van der Waals surface area contributed by atoms with E-state index in [2.05, 4.69) is 41.8 Å². The summed E-state index contributed by atoms with van der Waals surface area (Å²) < 4.78 is 6.32. The number of anilines is 1. The normalized spacial score (nSPS) is 23.0. The van der Waals surface area contributed by atoms with Gasteiger partial charge in [-0.25, -0.2) is 4.79 Å². The molecule has 2 unspecified atom stereocenters. The number of nitrogens with zero attached hydrogens (tertiary/aromatic N) is 4. The fourth-order valence-electron chi connectivity index (χ4n) is 5.41. The lowest BCUT2D eigenvalue weighted by molar-refractivity contribution is 0.0774. The maximum Gasteiger partial charge on any atom is 0.434 e. The number of aromatic hydroxyl groups is 2. The molecule has 1 aromatic carbocycles. The van der Waals surface area contributed by atoms with Crippen LogP contribution in [0, 0.1) is 11.8 Å². The second-order valence-corrected chi connectivity index (χ2v) is 9.96. The summed E-state index contributed by atoms with van der Waals surface area (Å²) in [5.41, 5.74) is 4.03.